The Balaban J connectivity index is 2.01. The zero-order chi connectivity index (χ0) is 15.2. The number of aromatic nitrogens is 1. The highest BCUT2D eigenvalue weighted by atomic mass is 16.3. The molecule has 0 saturated carbocycles. The zero-order valence-electron chi connectivity index (χ0n) is 12.3. The molecular weight excluding hydrogens is 262 g/mol. The minimum absolute atomic E-state index is 0.0691. The van der Waals surface area contributed by atoms with Gasteiger partial charge in [-0.1, -0.05) is 24.3 Å². The number of nitriles is 1. The normalized spacial score (nSPS) is 10.2. The van der Waals surface area contributed by atoms with Crippen molar-refractivity contribution in [1.82, 2.24) is 4.98 Å². The first kappa shape index (κ1) is 15.0. The highest BCUT2D eigenvalue weighted by molar-refractivity contribution is 5.59. The fourth-order valence-electron chi connectivity index (χ4n) is 2.26. The Morgan fingerprint density at radius 2 is 1.86 bits per heavy atom. The van der Waals surface area contributed by atoms with Gasteiger partial charge in [0, 0.05) is 12.2 Å². The molecule has 2 aromatic rings. The molecule has 0 spiro atoms. The van der Waals surface area contributed by atoms with Crippen LogP contribution >= 0.6 is 0 Å². The van der Waals surface area contributed by atoms with Crippen LogP contribution in [-0.4, -0.2) is 16.6 Å². The molecule has 1 heterocycles. The van der Waals surface area contributed by atoms with Gasteiger partial charge in [-0.25, -0.2) is 0 Å². The van der Waals surface area contributed by atoms with Gasteiger partial charge < -0.3 is 10.4 Å². The smallest absolute Gasteiger partial charge is 0.103 e. The van der Waals surface area contributed by atoms with Crippen molar-refractivity contribution in [3.8, 4) is 6.07 Å². The van der Waals surface area contributed by atoms with E-state index in [0.29, 0.717) is 5.56 Å². The van der Waals surface area contributed by atoms with Crippen molar-refractivity contribution in [3.05, 3.63) is 58.4 Å². The second-order valence-electron chi connectivity index (χ2n) is 5.03. The predicted molar refractivity (Wildman–Crippen MR) is 83.0 cm³/mol. The van der Waals surface area contributed by atoms with Crippen LogP contribution in [-0.2, 0) is 13.0 Å². The van der Waals surface area contributed by atoms with E-state index in [-0.39, 0.29) is 6.61 Å². The van der Waals surface area contributed by atoms with Gasteiger partial charge in [-0.2, -0.15) is 5.26 Å². The lowest BCUT2D eigenvalue weighted by Crippen LogP contribution is -2.08. The summed E-state index contributed by atoms with van der Waals surface area (Å²) >= 11 is 0. The Hall–Kier alpha value is -2.38. The fraction of sp³-hybridized carbons (Fsp3) is 0.294. The van der Waals surface area contributed by atoms with Crippen molar-refractivity contribution in [3.63, 3.8) is 0 Å². The van der Waals surface area contributed by atoms with Gasteiger partial charge in [-0.3, -0.25) is 4.98 Å². The summed E-state index contributed by atoms with van der Waals surface area (Å²) in [5, 5.41) is 21.5. The van der Waals surface area contributed by atoms with Crippen LogP contribution in [0.25, 0.3) is 0 Å². The molecule has 0 aliphatic rings. The Bertz CT molecular complexity index is 657. The van der Waals surface area contributed by atoms with Crippen molar-refractivity contribution in [2.45, 2.75) is 26.9 Å². The number of anilines is 1. The molecule has 0 bridgehead atoms. The van der Waals surface area contributed by atoms with Gasteiger partial charge >= 0.3 is 0 Å². The van der Waals surface area contributed by atoms with Crippen LogP contribution in [0.5, 0.6) is 0 Å². The first-order valence-corrected chi connectivity index (χ1v) is 6.95. The molecule has 0 amide bonds. The van der Waals surface area contributed by atoms with Crippen LogP contribution in [0.1, 0.15) is 28.1 Å². The number of benzene rings is 1. The van der Waals surface area contributed by atoms with Crippen LogP contribution in [0.15, 0.2) is 30.3 Å². The number of rotatable bonds is 5. The van der Waals surface area contributed by atoms with Crippen LogP contribution < -0.4 is 5.32 Å². The fourth-order valence-corrected chi connectivity index (χ4v) is 2.26. The van der Waals surface area contributed by atoms with Crippen LogP contribution in [0, 0.1) is 25.2 Å². The van der Waals surface area contributed by atoms with Gasteiger partial charge in [0.25, 0.3) is 0 Å². The van der Waals surface area contributed by atoms with Crippen LogP contribution in [0.2, 0.25) is 0 Å². The van der Waals surface area contributed by atoms with Crippen molar-refractivity contribution >= 4 is 5.69 Å². The summed E-state index contributed by atoms with van der Waals surface area (Å²) in [6.45, 7) is 4.59. The lowest BCUT2D eigenvalue weighted by atomic mass is 10.1. The number of hydrogen-bond donors (Lipinski definition) is 2. The molecule has 0 saturated heterocycles. The van der Waals surface area contributed by atoms with Crippen molar-refractivity contribution in [1.29, 1.82) is 5.26 Å². The molecule has 1 aromatic carbocycles. The van der Waals surface area contributed by atoms with Gasteiger partial charge in [0.1, 0.15) is 6.07 Å². The number of aliphatic hydroxyl groups excluding tert-OH is 1. The van der Waals surface area contributed by atoms with E-state index < -0.39 is 0 Å². The highest BCUT2D eigenvalue weighted by Gasteiger charge is 2.07. The summed E-state index contributed by atoms with van der Waals surface area (Å²) in [7, 11) is 0. The Morgan fingerprint density at radius 1 is 1.19 bits per heavy atom. The molecule has 1 aromatic heterocycles. The number of hydrogen-bond acceptors (Lipinski definition) is 4. The van der Waals surface area contributed by atoms with Gasteiger partial charge in [0.15, 0.2) is 0 Å². The number of nitrogens with one attached hydrogen (secondary N) is 1. The minimum atomic E-state index is 0.0691. The highest BCUT2D eigenvalue weighted by Crippen LogP contribution is 2.18. The number of aliphatic hydroxyl groups is 1. The van der Waals surface area contributed by atoms with Crippen molar-refractivity contribution in [2.24, 2.45) is 0 Å². The Morgan fingerprint density at radius 3 is 2.48 bits per heavy atom. The lowest BCUT2D eigenvalue weighted by molar-refractivity contribution is 0.282. The summed E-state index contributed by atoms with van der Waals surface area (Å²) < 4.78 is 0. The van der Waals surface area contributed by atoms with Gasteiger partial charge in [-0.05, 0) is 37.5 Å². The molecule has 0 atom stereocenters. The number of aryl methyl sites for hydroxylation is 2. The van der Waals surface area contributed by atoms with Crippen LogP contribution in [0.3, 0.4) is 0 Å². The summed E-state index contributed by atoms with van der Waals surface area (Å²) in [6, 6.07) is 12.0. The summed E-state index contributed by atoms with van der Waals surface area (Å²) in [6.07, 6.45) is 0.858. The molecule has 21 heavy (non-hydrogen) atoms. The molecule has 108 valence electrons. The topological polar surface area (TPSA) is 68.9 Å². The summed E-state index contributed by atoms with van der Waals surface area (Å²) in [4.78, 5) is 4.30. The van der Waals surface area contributed by atoms with E-state index in [0.717, 1.165) is 35.6 Å². The number of nitrogens with zero attached hydrogens (tertiary/aromatic N) is 2. The van der Waals surface area contributed by atoms with E-state index in [4.69, 9.17) is 5.11 Å². The van der Waals surface area contributed by atoms with Gasteiger partial charge in [0.2, 0.25) is 0 Å². The first-order chi connectivity index (χ1) is 10.1. The molecule has 0 aliphatic heterocycles. The van der Waals surface area contributed by atoms with Gasteiger partial charge in [-0.15, -0.1) is 0 Å². The van der Waals surface area contributed by atoms with E-state index in [2.05, 4.69) is 16.4 Å². The molecular formula is C17H19N3O. The van der Waals surface area contributed by atoms with E-state index in [9.17, 15) is 5.26 Å². The maximum Gasteiger partial charge on any atom is 0.103 e. The van der Waals surface area contributed by atoms with Crippen molar-refractivity contribution < 1.29 is 5.11 Å². The van der Waals surface area contributed by atoms with Gasteiger partial charge in [0.05, 0.1) is 23.6 Å². The average molecular weight is 281 g/mol. The molecule has 0 radical (unpaired) electrons. The quantitative estimate of drug-likeness (QED) is 0.884. The Kier molecular flexibility index (Phi) is 4.91. The molecule has 0 fully saturated rings. The van der Waals surface area contributed by atoms with E-state index in [1.165, 1.54) is 5.56 Å². The lowest BCUT2D eigenvalue weighted by Gasteiger charge is -2.11. The molecule has 4 nitrogen and oxygen atoms in total. The monoisotopic (exact) mass is 281 g/mol. The van der Waals surface area contributed by atoms with Crippen molar-refractivity contribution in [2.75, 3.05) is 11.9 Å². The molecule has 2 rings (SSSR count). The standard InChI is InChI=1S/C17H19N3O/c1-12-9-17(16(10-18)13(2)20-12)19-8-7-14-3-5-15(11-21)6-4-14/h3-6,9,21H,7-8,11H2,1-2H3,(H,19,20). The van der Waals surface area contributed by atoms with E-state index in [1.807, 2.05) is 44.2 Å². The second-order valence-corrected chi connectivity index (χ2v) is 5.03. The third-order valence-corrected chi connectivity index (χ3v) is 3.37. The third kappa shape index (κ3) is 3.80. The third-order valence-electron chi connectivity index (χ3n) is 3.37. The average Bonchev–Trinajstić information content (AvgIpc) is 2.47. The zero-order valence-corrected chi connectivity index (χ0v) is 12.3. The summed E-state index contributed by atoms with van der Waals surface area (Å²) in [5.74, 6) is 0. The largest absolute Gasteiger partial charge is 0.392 e. The Labute approximate surface area is 125 Å². The minimum Gasteiger partial charge on any atom is -0.392 e. The predicted octanol–water partition coefficient (Wildman–Crippen LogP) is 2.72. The summed E-state index contributed by atoms with van der Waals surface area (Å²) in [5.41, 5.74) is 5.22. The van der Waals surface area contributed by atoms with E-state index >= 15 is 0 Å². The molecule has 2 N–H and O–H groups in total. The maximum atomic E-state index is 9.21. The maximum absolute atomic E-state index is 9.21. The first-order valence-electron chi connectivity index (χ1n) is 6.95. The number of pyridine rings is 1. The SMILES string of the molecule is Cc1cc(NCCc2ccc(CO)cc2)c(C#N)c(C)n1. The second kappa shape index (κ2) is 6.87. The molecule has 0 aliphatic carbocycles. The van der Waals surface area contributed by atoms with Crippen LogP contribution in [0.4, 0.5) is 5.69 Å². The molecule has 4 heteroatoms. The van der Waals surface area contributed by atoms with E-state index in [1.54, 1.807) is 0 Å². The molecule has 0 unspecified atom stereocenters.